The van der Waals surface area contributed by atoms with Crippen LogP contribution in [0.5, 0.6) is 0 Å². The lowest BCUT2D eigenvalue weighted by Gasteiger charge is -2.13. The molecule has 0 saturated heterocycles. The number of guanidine groups is 1. The Kier molecular flexibility index (Phi) is 9.77. The van der Waals surface area contributed by atoms with E-state index in [1.165, 1.54) is 0 Å². The summed E-state index contributed by atoms with van der Waals surface area (Å²) >= 11 is 0. The van der Waals surface area contributed by atoms with Crippen molar-refractivity contribution in [3.05, 3.63) is 87.2 Å². The molecular weight excluding hydrogens is 505 g/mol. The normalized spacial score (nSPS) is 11.1. The predicted molar refractivity (Wildman–Crippen MR) is 134 cm³/mol. The second-order valence-electron chi connectivity index (χ2n) is 7.00. The van der Waals surface area contributed by atoms with Crippen LogP contribution in [0.15, 0.2) is 63.0 Å². The summed E-state index contributed by atoms with van der Waals surface area (Å²) in [4.78, 5) is 16.2. The van der Waals surface area contributed by atoms with Crippen LogP contribution < -0.4 is 16.2 Å². The van der Waals surface area contributed by atoms with Crippen molar-refractivity contribution in [2.75, 3.05) is 7.05 Å². The molecule has 31 heavy (non-hydrogen) atoms. The molecule has 166 valence electrons. The highest BCUT2D eigenvalue weighted by Crippen LogP contribution is 2.15. The molecule has 0 atom stereocenters. The van der Waals surface area contributed by atoms with Gasteiger partial charge in [-0.2, -0.15) is 0 Å². The number of aromatic nitrogens is 2. The van der Waals surface area contributed by atoms with E-state index in [0.29, 0.717) is 19.6 Å². The van der Waals surface area contributed by atoms with E-state index >= 15 is 0 Å². The number of pyridine rings is 1. The zero-order valence-corrected chi connectivity index (χ0v) is 20.6. The first-order valence-electron chi connectivity index (χ1n) is 10.3. The molecule has 0 aliphatic rings. The van der Waals surface area contributed by atoms with Crippen molar-refractivity contribution < 1.29 is 4.52 Å². The molecule has 0 fully saturated rings. The Morgan fingerprint density at radius 2 is 1.74 bits per heavy atom. The summed E-state index contributed by atoms with van der Waals surface area (Å²) in [5.74, 6) is 1.64. The van der Waals surface area contributed by atoms with Crippen LogP contribution in [0.2, 0.25) is 0 Å². The number of benzene rings is 1. The first kappa shape index (κ1) is 24.6. The SMILES string of the molecule is CCc1noc(CC)c1CNC(=NC)NCc1ccc(Cn2ccccc2=O)cc1.I. The van der Waals surface area contributed by atoms with Crippen LogP contribution in [0.1, 0.15) is 42.0 Å². The lowest BCUT2D eigenvalue weighted by molar-refractivity contribution is 0.380. The smallest absolute Gasteiger partial charge is 0.250 e. The minimum absolute atomic E-state index is 0. The highest BCUT2D eigenvalue weighted by Gasteiger charge is 2.13. The van der Waals surface area contributed by atoms with Gasteiger partial charge in [0.15, 0.2) is 5.96 Å². The Balaban J connectivity index is 0.00000341. The monoisotopic (exact) mass is 535 g/mol. The molecule has 0 unspecified atom stereocenters. The summed E-state index contributed by atoms with van der Waals surface area (Å²) < 4.78 is 7.11. The number of nitrogens with one attached hydrogen (secondary N) is 2. The second-order valence-corrected chi connectivity index (χ2v) is 7.00. The van der Waals surface area contributed by atoms with Crippen molar-refractivity contribution in [2.24, 2.45) is 4.99 Å². The molecule has 0 radical (unpaired) electrons. The Bertz CT molecular complexity index is 1020. The molecule has 7 nitrogen and oxygen atoms in total. The molecule has 2 N–H and O–H groups in total. The Labute approximate surface area is 200 Å². The van der Waals surface area contributed by atoms with Gasteiger partial charge < -0.3 is 19.7 Å². The highest BCUT2D eigenvalue weighted by atomic mass is 127. The summed E-state index contributed by atoms with van der Waals surface area (Å²) in [6.45, 7) is 5.98. The van der Waals surface area contributed by atoms with Crippen molar-refractivity contribution in [1.29, 1.82) is 0 Å². The lowest BCUT2D eigenvalue weighted by atomic mass is 10.1. The minimum atomic E-state index is 0. The first-order valence-corrected chi connectivity index (χ1v) is 10.3. The first-order chi connectivity index (χ1) is 14.6. The molecule has 8 heteroatoms. The van der Waals surface area contributed by atoms with Gasteiger partial charge in [-0.1, -0.05) is 49.3 Å². The Morgan fingerprint density at radius 3 is 2.39 bits per heavy atom. The summed E-state index contributed by atoms with van der Waals surface area (Å²) in [6.07, 6.45) is 3.46. The fourth-order valence-corrected chi connectivity index (χ4v) is 3.27. The maximum Gasteiger partial charge on any atom is 0.250 e. The maximum atomic E-state index is 11.9. The van der Waals surface area contributed by atoms with Gasteiger partial charge in [-0.3, -0.25) is 9.79 Å². The molecule has 0 bridgehead atoms. The quantitative estimate of drug-likeness (QED) is 0.262. The van der Waals surface area contributed by atoms with Gasteiger partial charge in [-0.25, -0.2) is 0 Å². The van der Waals surface area contributed by atoms with Crippen LogP contribution in [-0.2, 0) is 32.5 Å². The second kappa shape index (κ2) is 12.3. The van der Waals surface area contributed by atoms with Gasteiger partial charge >= 0.3 is 0 Å². The third kappa shape index (κ3) is 6.68. The fraction of sp³-hybridized carbons (Fsp3) is 0.348. The van der Waals surface area contributed by atoms with Gasteiger partial charge in [0, 0.05) is 44.4 Å². The molecule has 2 heterocycles. The Hall–Kier alpha value is -2.62. The lowest BCUT2D eigenvalue weighted by Crippen LogP contribution is -2.36. The molecular formula is C23H30IN5O2. The van der Waals surface area contributed by atoms with Crippen molar-refractivity contribution in [3.63, 3.8) is 0 Å². The number of hydrogen-bond acceptors (Lipinski definition) is 4. The zero-order valence-electron chi connectivity index (χ0n) is 18.2. The van der Waals surface area contributed by atoms with E-state index in [9.17, 15) is 4.79 Å². The van der Waals surface area contributed by atoms with E-state index in [-0.39, 0.29) is 29.5 Å². The summed E-state index contributed by atoms with van der Waals surface area (Å²) in [5.41, 5.74) is 4.33. The van der Waals surface area contributed by atoms with E-state index in [1.54, 1.807) is 29.9 Å². The molecule has 3 rings (SSSR count). The third-order valence-corrected chi connectivity index (χ3v) is 5.00. The molecule has 0 aliphatic carbocycles. The van der Waals surface area contributed by atoms with Crippen molar-refractivity contribution in [3.8, 4) is 0 Å². The van der Waals surface area contributed by atoms with Crippen molar-refractivity contribution >= 4 is 29.9 Å². The number of rotatable bonds is 8. The molecule has 0 saturated carbocycles. The van der Waals surface area contributed by atoms with Crippen LogP contribution in [0.25, 0.3) is 0 Å². The number of aliphatic imine (C=N–C) groups is 1. The molecule has 3 aromatic rings. The number of nitrogens with zero attached hydrogens (tertiary/aromatic N) is 3. The Morgan fingerprint density at radius 1 is 1.03 bits per heavy atom. The van der Waals surface area contributed by atoms with Gasteiger partial charge in [-0.05, 0) is 23.6 Å². The fourth-order valence-electron chi connectivity index (χ4n) is 3.27. The average molecular weight is 535 g/mol. The van der Waals surface area contributed by atoms with Crippen molar-refractivity contribution in [1.82, 2.24) is 20.4 Å². The van der Waals surface area contributed by atoms with E-state index < -0.39 is 0 Å². The van der Waals surface area contributed by atoms with Crippen molar-refractivity contribution in [2.45, 2.75) is 46.3 Å². The summed E-state index contributed by atoms with van der Waals surface area (Å²) in [7, 11) is 1.76. The van der Waals surface area contributed by atoms with E-state index in [4.69, 9.17) is 4.52 Å². The van der Waals surface area contributed by atoms with Gasteiger partial charge in [-0.15, -0.1) is 24.0 Å². The van der Waals surface area contributed by atoms with Gasteiger partial charge in [0.05, 0.1) is 12.2 Å². The number of aryl methyl sites for hydroxylation is 2. The summed E-state index contributed by atoms with van der Waals surface area (Å²) in [5, 5.41) is 10.8. The van der Waals surface area contributed by atoms with Gasteiger partial charge in [0.1, 0.15) is 5.76 Å². The van der Waals surface area contributed by atoms with E-state index in [0.717, 1.165) is 46.9 Å². The van der Waals surface area contributed by atoms with Crippen LogP contribution in [0, 0.1) is 0 Å². The van der Waals surface area contributed by atoms with Crippen LogP contribution in [0.4, 0.5) is 0 Å². The number of halogens is 1. The van der Waals surface area contributed by atoms with Gasteiger partial charge in [0.25, 0.3) is 5.56 Å². The largest absolute Gasteiger partial charge is 0.361 e. The van der Waals surface area contributed by atoms with Gasteiger partial charge in [0.2, 0.25) is 0 Å². The summed E-state index contributed by atoms with van der Waals surface area (Å²) in [6, 6.07) is 13.4. The number of hydrogen-bond donors (Lipinski definition) is 2. The molecule has 0 aliphatic heterocycles. The molecule has 0 spiro atoms. The van der Waals surface area contributed by atoms with Crippen LogP contribution in [0.3, 0.4) is 0 Å². The van der Waals surface area contributed by atoms with E-state index in [2.05, 4.69) is 46.8 Å². The maximum absolute atomic E-state index is 11.9. The molecule has 1 aromatic carbocycles. The predicted octanol–water partition coefficient (Wildman–Crippen LogP) is 3.49. The highest BCUT2D eigenvalue weighted by molar-refractivity contribution is 14.0. The van der Waals surface area contributed by atoms with Crippen LogP contribution in [-0.4, -0.2) is 22.7 Å². The van der Waals surface area contributed by atoms with Crippen LogP contribution >= 0.6 is 24.0 Å². The standard InChI is InChI=1S/C23H29N5O2.HI/c1-4-20-19(21(5-2)30-27-20)15-26-23(24-3)25-14-17-9-11-18(12-10-17)16-28-13-7-6-8-22(28)29;/h6-13H,4-5,14-16H2,1-3H3,(H2,24,25,26);1H. The molecule has 0 amide bonds. The minimum Gasteiger partial charge on any atom is -0.361 e. The average Bonchev–Trinajstić information content (AvgIpc) is 3.18. The van der Waals surface area contributed by atoms with E-state index in [1.807, 2.05) is 18.2 Å². The topological polar surface area (TPSA) is 84.4 Å². The zero-order chi connectivity index (χ0) is 21.3. The molecule has 2 aromatic heterocycles. The third-order valence-electron chi connectivity index (χ3n) is 5.00.